The van der Waals surface area contributed by atoms with Crippen molar-refractivity contribution < 1.29 is 149 Å². The van der Waals surface area contributed by atoms with Crippen LogP contribution in [0.4, 0.5) is 31.1 Å². The zero-order valence-electron chi connectivity index (χ0n) is 24.0. The summed E-state index contributed by atoms with van der Waals surface area (Å²) in [5, 5.41) is 23.4. The molecule has 4 rings (SSSR count). The summed E-state index contributed by atoms with van der Waals surface area (Å²) >= 11 is 0. The molecule has 0 amide bonds. The summed E-state index contributed by atoms with van der Waals surface area (Å²) in [6, 6.07) is 11.2. The fraction of sp³-hybridized carbons (Fsp3) is 0.400. The quantitative estimate of drug-likeness (QED) is 0.238. The van der Waals surface area contributed by atoms with Crippen molar-refractivity contribution in [3.05, 3.63) is 82.9 Å². The molecule has 0 aliphatic carbocycles. The number of H-pyrrole nitrogens is 1. The van der Waals surface area contributed by atoms with Crippen molar-refractivity contribution in [1.82, 2.24) is 20.1 Å². The molecular weight excluding hydrogens is 754 g/mol. The van der Waals surface area contributed by atoms with Gasteiger partial charge in [0.1, 0.15) is 12.2 Å². The predicted molar refractivity (Wildman–Crippen MR) is 150 cm³/mol. The zero-order valence-corrected chi connectivity index (χ0v) is 33.5. The topological polar surface area (TPSA) is 117 Å². The Morgan fingerprint density at radius 3 is 1.80 bits per heavy atom. The molecule has 0 saturated carbocycles. The Morgan fingerprint density at radius 2 is 1.38 bits per heavy atom. The van der Waals surface area contributed by atoms with Crippen molar-refractivity contribution in [3.8, 4) is 0 Å². The summed E-state index contributed by atoms with van der Waals surface area (Å²) in [5.41, 5.74) is -2.24. The second-order valence-electron chi connectivity index (χ2n) is 9.01. The van der Waals surface area contributed by atoms with Crippen molar-refractivity contribution in [3.63, 3.8) is 0 Å². The minimum atomic E-state index is -4.89. The van der Waals surface area contributed by atoms with Crippen molar-refractivity contribution in [1.29, 1.82) is 0 Å². The maximum absolute atomic E-state index is 13.2. The van der Waals surface area contributed by atoms with E-state index < -0.39 is 35.0 Å². The summed E-state index contributed by atoms with van der Waals surface area (Å²) in [5.74, 6) is 0.749. The second kappa shape index (κ2) is 24.0. The third kappa shape index (κ3) is 17.3. The van der Waals surface area contributed by atoms with Gasteiger partial charge in [-0.25, -0.2) is 4.98 Å². The summed E-state index contributed by atoms with van der Waals surface area (Å²) < 4.78 is 84.9. The third-order valence-electron chi connectivity index (χ3n) is 6.33. The van der Waals surface area contributed by atoms with Crippen LogP contribution in [0.1, 0.15) is 40.9 Å². The number of ether oxygens (including phenoxy) is 1. The molecule has 0 spiro atoms. The summed E-state index contributed by atoms with van der Waals surface area (Å²) in [6.07, 6.45) is -9.25. The molecule has 0 unspecified atom stereocenters. The molecule has 244 valence electrons. The van der Waals surface area contributed by atoms with Crippen molar-refractivity contribution >= 4 is 55.8 Å². The number of alkyl halides is 6. The maximum Gasteiger partial charge on any atom is 1.00 e. The van der Waals surface area contributed by atoms with E-state index in [0.29, 0.717) is 31.5 Å². The second-order valence-corrected chi connectivity index (χ2v) is 9.01. The molecule has 1 aromatic heterocycles. The molecule has 2 heterocycles. The fourth-order valence-corrected chi connectivity index (χ4v) is 4.43. The van der Waals surface area contributed by atoms with E-state index in [0.717, 1.165) is 24.5 Å². The molecule has 1 N–H and O–H groups in total. The van der Waals surface area contributed by atoms with E-state index >= 15 is 0 Å². The van der Waals surface area contributed by atoms with Gasteiger partial charge in [-0.05, 0) is 61.4 Å². The minimum absolute atomic E-state index is 0. The van der Waals surface area contributed by atoms with Crippen LogP contribution < -0.4 is 113 Å². The molecule has 1 saturated heterocycles. The van der Waals surface area contributed by atoms with Gasteiger partial charge in [-0.2, -0.15) is 31.4 Å². The number of hydrogen-bond donors (Lipinski definition) is 1. The number of hydrogen-bond acceptors (Lipinski definition) is 7. The van der Waals surface area contributed by atoms with Crippen molar-refractivity contribution in [2.45, 2.75) is 43.8 Å². The van der Waals surface area contributed by atoms with E-state index in [4.69, 9.17) is 19.7 Å². The average Bonchev–Trinajstić information content (AvgIpc) is 3.37. The molecule has 1 aliphatic heterocycles. The number of carboxylic acid groups (broad SMARTS) is 2. The Labute approximate surface area is 365 Å². The first kappa shape index (κ1) is 52.6. The zero-order chi connectivity index (χ0) is 28.7. The SMILES string of the molecule is Cl.Cl.Cl.Cl.FC(F)(F)c1cc(COCC2(c3ccccc3)CCN(Cc3ncn[nH]3)CC2)cc(C(F)(F)F)c1.O=C([O-])[O-].[K+].[K+]. The van der Waals surface area contributed by atoms with Crippen LogP contribution in [0.25, 0.3) is 0 Å². The standard InChI is InChI=1S/C24H24F6N4O.CH2O3.4ClH.2K/c25-23(26,27)19-10-17(11-20(12-19)24(28,29)30)14-35-15-22(18-4-2-1-3-5-18)6-8-34(9-7-22)13-21-31-16-32-33-21;2-1(3)4;;;;;;/h1-5,10-12,16H,6-9,13-15H2,(H,31,32,33);(H2,2,3,4);4*1H;;/q;;;;;;2*+1/p-2. The molecule has 8 nitrogen and oxygen atoms in total. The fourth-order valence-electron chi connectivity index (χ4n) is 4.43. The third-order valence-corrected chi connectivity index (χ3v) is 6.33. The molecule has 1 aliphatic rings. The Kier molecular flexibility index (Phi) is 28.1. The number of aromatic nitrogens is 3. The Hall–Kier alpha value is 0.783. The summed E-state index contributed by atoms with van der Waals surface area (Å²) in [6.45, 7) is 1.87. The molecule has 2 aromatic carbocycles. The number of nitrogens with zero attached hydrogens (tertiary/aromatic N) is 3. The first-order valence-corrected chi connectivity index (χ1v) is 11.6. The number of aromatic amines is 1. The normalized spacial score (nSPS) is 13.7. The Morgan fingerprint density at radius 1 is 0.889 bits per heavy atom. The van der Waals surface area contributed by atoms with Crippen LogP contribution in [0.2, 0.25) is 0 Å². The molecule has 3 aromatic rings. The van der Waals surface area contributed by atoms with Gasteiger partial charge in [-0.15, -0.1) is 49.6 Å². The number of likely N-dealkylation sites (tertiary alicyclic amines) is 1. The summed E-state index contributed by atoms with van der Waals surface area (Å²) in [7, 11) is 0. The number of carbonyl (C=O) groups excluding carboxylic acids is 1. The van der Waals surface area contributed by atoms with E-state index in [1.165, 1.54) is 6.33 Å². The van der Waals surface area contributed by atoms with Crippen LogP contribution in [0.5, 0.6) is 0 Å². The molecular formula is C25H28Cl4F6K2N4O4. The van der Waals surface area contributed by atoms with Crippen LogP contribution in [-0.2, 0) is 35.7 Å². The number of nitrogens with one attached hydrogen (secondary N) is 1. The van der Waals surface area contributed by atoms with Gasteiger partial charge in [0, 0.05) is 5.41 Å². The molecule has 0 bridgehead atoms. The van der Waals surface area contributed by atoms with E-state index in [9.17, 15) is 26.3 Å². The summed E-state index contributed by atoms with van der Waals surface area (Å²) in [4.78, 5) is 14.7. The largest absolute Gasteiger partial charge is 1.00 e. The van der Waals surface area contributed by atoms with Gasteiger partial charge >= 0.3 is 115 Å². The number of piperidine rings is 1. The van der Waals surface area contributed by atoms with E-state index in [2.05, 4.69) is 20.1 Å². The maximum atomic E-state index is 13.2. The number of carbonyl (C=O) groups is 1. The first-order chi connectivity index (χ1) is 18.3. The molecule has 1 fully saturated rings. The first-order valence-electron chi connectivity index (χ1n) is 11.6. The molecule has 0 atom stereocenters. The van der Waals surface area contributed by atoms with Crippen LogP contribution in [0.3, 0.4) is 0 Å². The van der Waals surface area contributed by atoms with Crippen molar-refractivity contribution in [2.24, 2.45) is 0 Å². The van der Waals surface area contributed by atoms with Gasteiger partial charge in [0.15, 0.2) is 0 Å². The van der Waals surface area contributed by atoms with Crippen LogP contribution in [0, 0.1) is 0 Å². The van der Waals surface area contributed by atoms with E-state index in [-0.39, 0.29) is 177 Å². The molecule has 20 heteroatoms. The number of halogens is 10. The van der Waals surface area contributed by atoms with Gasteiger partial charge < -0.3 is 19.7 Å². The molecule has 0 radical (unpaired) electrons. The van der Waals surface area contributed by atoms with Gasteiger partial charge in [-0.3, -0.25) is 10.00 Å². The van der Waals surface area contributed by atoms with Gasteiger partial charge in [0.05, 0.1) is 30.9 Å². The van der Waals surface area contributed by atoms with Gasteiger partial charge in [0.2, 0.25) is 0 Å². The average molecular weight is 783 g/mol. The Balaban J connectivity index is -0.000000794. The van der Waals surface area contributed by atoms with Gasteiger partial charge in [-0.1, -0.05) is 30.3 Å². The number of benzene rings is 2. The Bertz CT molecular complexity index is 1190. The minimum Gasteiger partial charge on any atom is -0.652 e. The van der Waals surface area contributed by atoms with Gasteiger partial charge in [0.25, 0.3) is 0 Å². The van der Waals surface area contributed by atoms with Crippen molar-refractivity contribution in [2.75, 3.05) is 19.7 Å². The van der Waals surface area contributed by atoms with Crippen LogP contribution in [-0.4, -0.2) is 45.9 Å². The number of rotatable bonds is 7. The molecule has 45 heavy (non-hydrogen) atoms. The van der Waals surface area contributed by atoms with E-state index in [1.54, 1.807) is 0 Å². The predicted octanol–water partition coefficient (Wildman–Crippen LogP) is -1.16. The van der Waals surface area contributed by atoms with E-state index in [1.807, 2.05) is 30.3 Å². The smallest absolute Gasteiger partial charge is 0.652 e. The van der Waals surface area contributed by atoms with Crippen LogP contribution >= 0.6 is 49.6 Å². The van der Waals surface area contributed by atoms with Crippen LogP contribution in [0.15, 0.2) is 54.9 Å². The monoisotopic (exact) mass is 780 g/mol.